The first-order valence-corrected chi connectivity index (χ1v) is 11.7. The Morgan fingerprint density at radius 2 is 2.03 bits per heavy atom. The van der Waals surface area contributed by atoms with Crippen LogP contribution in [-0.2, 0) is 36.0 Å². The number of hydrogen-bond acceptors (Lipinski definition) is 7. The van der Waals surface area contributed by atoms with Gasteiger partial charge in [0, 0.05) is 18.5 Å². The van der Waals surface area contributed by atoms with Crippen LogP contribution in [0.5, 0.6) is 0 Å². The standard InChI is InChI=1S/C22H23N3O4S2/c1-12(18(26)23-11-13-7-9-14(10-8-13)21(28)29-3)30-22-24-19-17(20(27)25(22)2)15-5-4-6-16(15)31-19/h7-10,12H,4-6,11H2,1-3H3,(H,23,26). The molecule has 1 aromatic carbocycles. The number of thioether (sulfide) groups is 1. The van der Waals surface area contributed by atoms with Gasteiger partial charge in [0.15, 0.2) is 5.16 Å². The van der Waals surface area contributed by atoms with Crippen molar-refractivity contribution in [2.24, 2.45) is 7.05 Å². The van der Waals surface area contributed by atoms with Gasteiger partial charge in [-0.15, -0.1) is 11.3 Å². The van der Waals surface area contributed by atoms with E-state index < -0.39 is 11.2 Å². The van der Waals surface area contributed by atoms with Gasteiger partial charge in [0.1, 0.15) is 4.83 Å². The monoisotopic (exact) mass is 457 g/mol. The molecule has 4 rings (SSSR count). The lowest BCUT2D eigenvalue weighted by atomic mass is 10.1. The molecule has 0 aliphatic heterocycles. The molecule has 3 aromatic rings. The number of nitrogens with one attached hydrogen (secondary N) is 1. The van der Waals surface area contributed by atoms with Crippen molar-refractivity contribution in [1.29, 1.82) is 0 Å². The number of aryl methyl sites for hydroxylation is 2. The summed E-state index contributed by atoms with van der Waals surface area (Å²) < 4.78 is 6.23. The maximum Gasteiger partial charge on any atom is 0.337 e. The van der Waals surface area contributed by atoms with Crippen molar-refractivity contribution in [3.05, 3.63) is 56.2 Å². The van der Waals surface area contributed by atoms with Crippen LogP contribution in [0.1, 0.15) is 39.7 Å². The van der Waals surface area contributed by atoms with Gasteiger partial charge < -0.3 is 10.1 Å². The fraction of sp³-hybridized carbons (Fsp3) is 0.364. The van der Waals surface area contributed by atoms with Gasteiger partial charge in [-0.25, -0.2) is 9.78 Å². The van der Waals surface area contributed by atoms with Gasteiger partial charge in [0.05, 0.1) is 23.3 Å². The van der Waals surface area contributed by atoms with E-state index in [0.717, 1.165) is 40.6 Å². The SMILES string of the molecule is COC(=O)c1ccc(CNC(=O)C(C)Sc2nc3sc4c(c3c(=O)n2C)CCC4)cc1. The molecule has 2 aromatic heterocycles. The Kier molecular flexibility index (Phi) is 6.15. The van der Waals surface area contributed by atoms with Crippen LogP contribution >= 0.6 is 23.1 Å². The lowest BCUT2D eigenvalue weighted by Gasteiger charge is -2.14. The second-order valence-corrected chi connectivity index (χ2v) is 9.85. The summed E-state index contributed by atoms with van der Waals surface area (Å²) in [6.07, 6.45) is 3.05. The first-order valence-electron chi connectivity index (χ1n) is 10.0. The van der Waals surface area contributed by atoms with Crippen molar-refractivity contribution in [1.82, 2.24) is 14.9 Å². The molecule has 1 aliphatic rings. The maximum atomic E-state index is 12.9. The first-order chi connectivity index (χ1) is 14.9. The molecule has 7 nitrogen and oxygen atoms in total. The second-order valence-electron chi connectivity index (χ2n) is 7.46. The van der Waals surface area contributed by atoms with E-state index in [4.69, 9.17) is 4.98 Å². The number of carbonyl (C=O) groups is 2. The zero-order chi connectivity index (χ0) is 22.1. The molecule has 31 heavy (non-hydrogen) atoms. The summed E-state index contributed by atoms with van der Waals surface area (Å²) in [5.74, 6) is -0.545. The van der Waals surface area contributed by atoms with E-state index in [1.807, 2.05) is 0 Å². The molecule has 0 bridgehead atoms. The predicted molar refractivity (Wildman–Crippen MR) is 122 cm³/mol. The third-order valence-corrected chi connectivity index (χ3v) is 7.73. The number of esters is 1. The van der Waals surface area contributed by atoms with Crippen molar-refractivity contribution < 1.29 is 14.3 Å². The van der Waals surface area contributed by atoms with Crippen LogP contribution in [0.4, 0.5) is 0 Å². The number of amides is 1. The van der Waals surface area contributed by atoms with Gasteiger partial charge in [-0.05, 0) is 49.4 Å². The summed E-state index contributed by atoms with van der Waals surface area (Å²) in [5.41, 5.74) is 2.46. The van der Waals surface area contributed by atoms with Crippen molar-refractivity contribution in [3.63, 3.8) is 0 Å². The average Bonchev–Trinajstić information content (AvgIpc) is 3.36. The van der Waals surface area contributed by atoms with Crippen molar-refractivity contribution in [2.75, 3.05) is 7.11 Å². The molecule has 0 radical (unpaired) electrons. The number of rotatable bonds is 6. The molecule has 0 saturated carbocycles. The largest absolute Gasteiger partial charge is 0.465 e. The normalized spacial score (nSPS) is 13.8. The summed E-state index contributed by atoms with van der Waals surface area (Å²) >= 11 is 2.88. The van der Waals surface area contributed by atoms with Crippen LogP contribution < -0.4 is 10.9 Å². The highest BCUT2D eigenvalue weighted by Gasteiger charge is 2.24. The summed E-state index contributed by atoms with van der Waals surface area (Å²) in [4.78, 5) is 43.7. The molecule has 9 heteroatoms. The van der Waals surface area contributed by atoms with Crippen LogP contribution in [-0.4, -0.2) is 33.8 Å². The first kappa shape index (κ1) is 21.6. The Balaban J connectivity index is 1.43. The molecule has 1 aliphatic carbocycles. The van der Waals surface area contributed by atoms with Gasteiger partial charge in [0.25, 0.3) is 5.56 Å². The Morgan fingerprint density at radius 3 is 2.74 bits per heavy atom. The van der Waals surface area contributed by atoms with Gasteiger partial charge in [-0.3, -0.25) is 14.2 Å². The van der Waals surface area contributed by atoms with Crippen molar-refractivity contribution in [3.8, 4) is 0 Å². The molecular weight excluding hydrogens is 434 g/mol. The van der Waals surface area contributed by atoms with E-state index in [2.05, 4.69) is 10.1 Å². The Labute approximate surface area is 187 Å². The minimum absolute atomic E-state index is 0.0368. The minimum atomic E-state index is -0.420. The summed E-state index contributed by atoms with van der Waals surface area (Å²) in [6, 6.07) is 6.89. The molecule has 0 spiro atoms. The maximum absolute atomic E-state index is 12.9. The quantitative estimate of drug-likeness (QED) is 0.348. The smallest absolute Gasteiger partial charge is 0.337 e. The highest BCUT2D eigenvalue weighted by molar-refractivity contribution is 8.00. The van der Waals surface area contributed by atoms with E-state index >= 15 is 0 Å². The molecule has 1 atom stereocenters. The Bertz CT molecular complexity index is 1210. The molecule has 0 saturated heterocycles. The number of ether oxygens (including phenoxy) is 1. The molecule has 1 amide bonds. The third-order valence-electron chi connectivity index (χ3n) is 5.40. The molecular formula is C22H23N3O4S2. The number of hydrogen-bond donors (Lipinski definition) is 1. The van der Waals surface area contributed by atoms with Crippen LogP contribution in [0.25, 0.3) is 10.2 Å². The molecule has 0 fully saturated rings. The molecule has 1 unspecified atom stereocenters. The van der Waals surface area contributed by atoms with Crippen LogP contribution in [0.3, 0.4) is 0 Å². The number of aromatic nitrogens is 2. The molecule has 2 heterocycles. The van der Waals surface area contributed by atoms with E-state index in [1.54, 1.807) is 54.1 Å². The second kappa shape index (κ2) is 8.84. The van der Waals surface area contributed by atoms with E-state index in [1.165, 1.54) is 23.7 Å². The van der Waals surface area contributed by atoms with E-state index in [0.29, 0.717) is 17.3 Å². The lowest BCUT2D eigenvalue weighted by molar-refractivity contribution is -0.120. The number of nitrogens with zero attached hydrogens (tertiary/aromatic N) is 2. The van der Waals surface area contributed by atoms with Crippen molar-refractivity contribution in [2.45, 2.75) is 43.1 Å². The topological polar surface area (TPSA) is 90.3 Å². The van der Waals surface area contributed by atoms with E-state index in [-0.39, 0.29) is 11.5 Å². The summed E-state index contributed by atoms with van der Waals surface area (Å²) in [5, 5.41) is 3.77. The average molecular weight is 458 g/mol. The lowest BCUT2D eigenvalue weighted by Crippen LogP contribution is -2.31. The van der Waals surface area contributed by atoms with E-state index in [9.17, 15) is 14.4 Å². The highest BCUT2D eigenvalue weighted by Crippen LogP contribution is 2.35. The van der Waals surface area contributed by atoms with Crippen LogP contribution in [0.2, 0.25) is 0 Å². The highest BCUT2D eigenvalue weighted by atomic mass is 32.2. The Morgan fingerprint density at radius 1 is 1.29 bits per heavy atom. The zero-order valence-corrected chi connectivity index (χ0v) is 19.2. The Hall–Kier alpha value is -2.65. The fourth-order valence-electron chi connectivity index (χ4n) is 3.63. The van der Waals surface area contributed by atoms with Gasteiger partial charge >= 0.3 is 5.97 Å². The predicted octanol–water partition coefficient (Wildman–Crippen LogP) is 3.07. The number of benzene rings is 1. The van der Waals surface area contributed by atoms with Gasteiger partial charge in [0.2, 0.25) is 5.91 Å². The minimum Gasteiger partial charge on any atom is -0.465 e. The number of carbonyl (C=O) groups excluding carboxylic acids is 2. The molecule has 1 N–H and O–H groups in total. The number of methoxy groups -OCH3 is 1. The van der Waals surface area contributed by atoms with Gasteiger partial charge in [-0.1, -0.05) is 23.9 Å². The van der Waals surface area contributed by atoms with Crippen LogP contribution in [0, 0.1) is 0 Å². The fourth-order valence-corrected chi connectivity index (χ4v) is 5.83. The zero-order valence-electron chi connectivity index (χ0n) is 17.6. The summed E-state index contributed by atoms with van der Waals surface area (Å²) in [6.45, 7) is 2.14. The van der Waals surface area contributed by atoms with Crippen molar-refractivity contribution >= 4 is 45.2 Å². The number of thiophene rings is 1. The van der Waals surface area contributed by atoms with Crippen LogP contribution in [0.15, 0.2) is 34.2 Å². The molecule has 162 valence electrons. The summed E-state index contributed by atoms with van der Waals surface area (Å²) in [7, 11) is 3.05. The third kappa shape index (κ3) is 4.24. The number of fused-ring (bicyclic) bond motifs is 3. The van der Waals surface area contributed by atoms with Gasteiger partial charge in [-0.2, -0.15) is 0 Å².